The Hall–Kier alpha value is -2.27. The summed E-state index contributed by atoms with van der Waals surface area (Å²) in [6, 6.07) is 9.37. The number of hydrogen-bond donors (Lipinski definition) is 2. The summed E-state index contributed by atoms with van der Waals surface area (Å²) in [5.41, 5.74) is 3.34. The first kappa shape index (κ1) is 17.2. The van der Waals surface area contributed by atoms with Crippen molar-refractivity contribution >= 4 is 5.84 Å². The summed E-state index contributed by atoms with van der Waals surface area (Å²) in [5, 5.41) is 11.1. The second-order valence-corrected chi connectivity index (χ2v) is 7.51. The summed E-state index contributed by atoms with van der Waals surface area (Å²) in [7, 11) is 0. The van der Waals surface area contributed by atoms with E-state index in [0.717, 1.165) is 17.8 Å². The van der Waals surface area contributed by atoms with Gasteiger partial charge in [-0.15, -0.1) is 0 Å². The average Bonchev–Trinajstić information content (AvgIpc) is 2.68. The van der Waals surface area contributed by atoms with Gasteiger partial charge in [-0.2, -0.15) is 0 Å². The first-order valence-corrected chi connectivity index (χ1v) is 9.36. The van der Waals surface area contributed by atoms with Gasteiger partial charge in [0.1, 0.15) is 11.7 Å². The van der Waals surface area contributed by atoms with Crippen LogP contribution in [0.25, 0.3) is 0 Å². The zero-order chi connectivity index (χ0) is 18.1. The molecule has 0 saturated carbocycles. The highest BCUT2D eigenvalue weighted by Crippen LogP contribution is 2.39. The van der Waals surface area contributed by atoms with E-state index in [0.29, 0.717) is 29.5 Å². The summed E-state index contributed by atoms with van der Waals surface area (Å²) < 4.78 is 14.6. The van der Waals surface area contributed by atoms with Gasteiger partial charge in [-0.1, -0.05) is 12.1 Å². The lowest BCUT2D eigenvalue weighted by atomic mass is 9.75. The highest BCUT2D eigenvalue weighted by atomic mass is 19.1. The molecular weight excluding hydrogens is 327 g/mol. The number of piperidine rings is 3. The average molecular weight is 352 g/mol. The summed E-state index contributed by atoms with van der Waals surface area (Å²) in [5.74, 6) is 1.25. The minimum Gasteiger partial charge on any atom is -0.366 e. The van der Waals surface area contributed by atoms with E-state index in [9.17, 15) is 4.39 Å². The zero-order valence-corrected chi connectivity index (χ0v) is 15.1. The molecule has 3 saturated heterocycles. The molecule has 3 aliphatic heterocycles. The maximum atomic E-state index is 14.6. The van der Waals surface area contributed by atoms with Gasteiger partial charge in [0.05, 0.1) is 0 Å². The molecule has 4 heterocycles. The number of pyridine rings is 1. The molecule has 2 N–H and O–H groups in total. The number of nitrogens with zero attached hydrogens (tertiary/aromatic N) is 2. The van der Waals surface area contributed by atoms with Gasteiger partial charge in [0.25, 0.3) is 0 Å². The molecule has 2 aromatic rings. The van der Waals surface area contributed by atoms with Gasteiger partial charge in [0.15, 0.2) is 0 Å². The van der Waals surface area contributed by atoms with Gasteiger partial charge in [0, 0.05) is 36.1 Å². The van der Waals surface area contributed by atoms with Gasteiger partial charge in [-0.3, -0.25) is 10.4 Å². The number of amidine groups is 1. The van der Waals surface area contributed by atoms with Crippen LogP contribution in [0.3, 0.4) is 0 Å². The first-order valence-electron chi connectivity index (χ1n) is 9.36. The van der Waals surface area contributed by atoms with E-state index in [1.165, 1.54) is 25.9 Å². The number of rotatable bonds is 4. The number of halogens is 1. The van der Waals surface area contributed by atoms with Crippen molar-refractivity contribution in [2.45, 2.75) is 32.2 Å². The Balaban J connectivity index is 1.41. The molecule has 26 heavy (non-hydrogen) atoms. The van der Waals surface area contributed by atoms with Gasteiger partial charge in [-0.05, 0) is 68.5 Å². The summed E-state index contributed by atoms with van der Waals surface area (Å²) in [6.45, 7) is 5.67. The van der Waals surface area contributed by atoms with Gasteiger partial charge < -0.3 is 10.2 Å². The maximum Gasteiger partial charge on any atom is 0.128 e. The predicted octanol–water partition coefficient (Wildman–Crippen LogP) is 3.45. The van der Waals surface area contributed by atoms with Gasteiger partial charge in [0.2, 0.25) is 0 Å². The van der Waals surface area contributed by atoms with Gasteiger partial charge >= 0.3 is 0 Å². The fourth-order valence-electron chi connectivity index (χ4n) is 4.18. The smallest absolute Gasteiger partial charge is 0.128 e. The van der Waals surface area contributed by atoms with Crippen molar-refractivity contribution < 1.29 is 4.39 Å². The Bertz CT molecular complexity index is 794. The molecule has 5 heteroatoms. The third-order valence-electron chi connectivity index (χ3n) is 5.82. The van der Waals surface area contributed by atoms with Crippen LogP contribution >= 0.6 is 0 Å². The molecule has 0 aliphatic carbocycles. The predicted molar refractivity (Wildman–Crippen MR) is 101 cm³/mol. The zero-order valence-electron chi connectivity index (χ0n) is 15.1. The molecule has 2 bridgehead atoms. The Labute approximate surface area is 154 Å². The number of nitrogens with one attached hydrogen (secondary N) is 2. The normalized spacial score (nSPS) is 24.5. The van der Waals surface area contributed by atoms with E-state index < -0.39 is 0 Å². The fourth-order valence-corrected chi connectivity index (χ4v) is 4.18. The molecule has 0 radical (unpaired) electrons. The van der Waals surface area contributed by atoms with Crippen molar-refractivity contribution in [1.29, 1.82) is 5.41 Å². The Morgan fingerprint density at radius 3 is 2.69 bits per heavy atom. The van der Waals surface area contributed by atoms with E-state index in [2.05, 4.69) is 21.3 Å². The van der Waals surface area contributed by atoms with E-state index in [4.69, 9.17) is 5.41 Å². The molecule has 0 spiro atoms. The highest BCUT2D eigenvalue weighted by Gasteiger charge is 2.35. The summed E-state index contributed by atoms with van der Waals surface area (Å²) in [4.78, 5) is 6.69. The molecule has 1 aromatic heterocycles. The van der Waals surface area contributed by atoms with Crippen molar-refractivity contribution in [3.63, 3.8) is 0 Å². The SMILES string of the molecule is Cc1ccc(C(=N)NCc2ccc(C3CN4CCC3CC4)cc2F)cn1. The third-order valence-corrected chi connectivity index (χ3v) is 5.82. The van der Waals surface area contributed by atoms with Crippen LogP contribution in [0.1, 0.15) is 41.1 Å². The number of aryl methyl sites for hydroxylation is 1. The lowest BCUT2D eigenvalue weighted by Crippen LogP contribution is -2.46. The number of fused-ring (bicyclic) bond motifs is 3. The third kappa shape index (κ3) is 3.49. The molecular formula is C21H25FN4. The molecule has 3 aliphatic rings. The number of aromatic nitrogens is 1. The lowest BCUT2D eigenvalue weighted by molar-refractivity contribution is 0.0870. The molecule has 1 aromatic carbocycles. The molecule has 1 atom stereocenters. The van der Waals surface area contributed by atoms with Crippen LogP contribution in [0.5, 0.6) is 0 Å². The van der Waals surface area contributed by atoms with Crippen LogP contribution in [-0.2, 0) is 6.54 Å². The van der Waals surface area contributed by atoms with Crippen molar-refractivity contribution in [2.24, 2.45) is 5.92 Å². The quantitative estimate of drug-likeness (QED) is 0.654. The van der Waals surface area contributed by atoms with Crippen LogP contribution in [0.15, 0.2) is 36.5 Å². The van der Waals surface area contributed by atoms with Crippen molar-refractivity contribution in [3.8, 4) is 0 Å². The molecule has 1 unspecified atom stereocenters. The van der Waals surface area contributed by atoms with Crippen LogP contribution in [-0.4, -0.2) is 35.4 Å². The minimum atomic E-state index is -0.179. The molecule has 136 valence electrons. The topological polar surface area (TPSA) is 52.0 Å². The Morgan fingerprint density at radius 1 is 1.27 bits per heavy atom. The second kappa shape index (κ2) is 7.16. The van der Waals surface area contributed by atoms with E-state index >= 15 is 0 Å². The fraction of sp³-hybridized carbons (Fsp3) is 0.429. The standard InChI is InChI=1S/C21H25FN4/c1-14-2-3-18(12-24-14)21(23)25-11-17-5-4-16(10-20(17)22)19-13-26-8-6-15(19)7-9-26/h2-5,10,12,15,19H,6-9,11,13H2,1H3,(H2,23,25). The molecule has 0 amide bonds. The van der Waals surface area contributed by atoms with Crippen LogP contribution in [0.2, 0.25) is 0 Å². The van der Waals surface area contributed by atoms with Crippen molar-refractivity contribution in [2.75, 3.05) is 19.6 Å². The monoisotopic (exact) mass is 352 g/mol. The molecule has 4 nitrogen and oxygen atoms in total. The molecule has 3 fully saturated rings. The number of hydrogen-bond acceptors (Lipinski definition) is 3. The van der Waals surface area contributed by atoms with Gasteiger partial charge in [-0.25, -0.2) is 4.39 Å². The highest BCUT2D eigenvalue weighted by molar-refractivity contribution is 5.95. The van der Waals surface area contributed by atoms with E-state index in [1.807, 2.05) is 25.1 Å². The van der Waals surface area contributed by atoms with Crippen LogP contribution in [0.4, 0.5) is 4.39 Å². The lowest BCUT2D eigenvalue weighted by Gasteiger charge is -2.45. The maximum absolute atomic E-state index is 14.6. The van der Waals surface area contributed by atoms with E-state index in [1.54, 1.807) is 12.3 Å². The number of benzene rings is 1. The first-order chi connectivity index (χ1) is 12.6. The largest absolute Gasteiger partial charge is 0.366 e. The van der Waals surface area contributed by atoms with Crippen LogP contribution in [0, 0.1) is 24.1 Å². The van der Waals surface area contributed by atoms with Crippen molar-refractivity contribution in [1.82, 2.24) is 15.2 Å². The summed E-state index contributed by atoms with van der Waals surface area (Å²) >= 11 is 0. The Morgan fingerprint density at radius 2 is 2.08 bits per heavy atom. The Kier molecular flexibility index (Phi) is 4.72. The molecule has 5 rings (SSSR count). The second-order valence-electron chi connectivity index (χ2n) is 7.51. The minimum absolute atomic E-state index is 0.179. The summed E-state index contributed by atoms with van der Waals surface area (Å²) in [6.07, 6.45) is 4.13. The van der Waals surface area contributed by atoms with E-state index in [-0.39, 0.29) is 11.7 Å². The van der Waals surface area contributed by atoms with Crippen molar-refractivity contribution in [3.05, 3.63) is 64.7 Å². The van der Waals surface area contributed by atoms with Crippen LogP contribution < -0.4 is 5.32 Å².